The van der Waals surface area contributed by atoms with E-state index in [4.69, 9.17) is 0 Å². The number of rotatable bonds is 4. The van der Waals surface area contributed by atoms with Crippen molar-refractivity contribution in [3.05, 3.63) is 137 Å². The van der Waals surface area contributed by atoms with Gasteiger partial charge in [0.15, 0.2) is 0 Å². The van der Waals surface area contributed by atoms with Gasteiger partial charge in [-0.3, -0.25) is 0 Å². The highest BCUT2D eigenvalue weighted by atomic mass is 15.1. The minimum absolute atomic E-state index is 0.0777. The van der Waals surface area contributed by atoms with Crippen LogP contribution in [0.1, 0.15) is 147 Å². The summed E-state index contributed by atoms with van der Waals surface area (Å²) >= 11 is 0. The van der Waals surface area contributed by atoms with Gasteiger partial charge in [-0.1, -0.05) is 122 Å². The quantitative estimate of drug-likeness (QED) is 0.177. The van der Waals surface area contributed by atoms with Gasteiger partial charge in [0.2, 0.25) is 0 Å². The van der Waals surface area contributed by atoms with Crippen LogP contribution in [-0.2, 0) is 27.1 Å². The Labute approximate surface area is 343 Å². The molecule has 1 nitrogen and oxygen atoms in total. The Morgan fingerprint density at radius 2 is 0.912 bits per heavy atom. The van der Waals surface area contributed by atoms with Gasteiger partial charge in [-0.05, 0) is 190 Å². The van der Waals surface area contributed by atoms with Gasteiger partial charge in [0.1, 0.15) is 0 Å². The Hall–Kier alpha value is -4.10. The maximum absolute atomic E-state index is 2.73. The lowest BCUT2D eigenvalue weighted by Gasteiger charge is -2.61. The summed E-state index contributed by atoms with van der Waals surface area (Å²) in [5, 5.41) is 0. The van der Waals surface area contributed by atoms with Crippen LogP contribution in [0.25, 0.3) is 22.3 Å². The third-order valence-corrected chi connectivity index (χ3v) is 17.2. The number of nitrogens with zero attached hydrogens (tertiary/aromatic N) is 1. The summed E-state index contributed by atoms with van der Waals surface area (Å²) in [6, 6.07) is 41.5. The standard InChI is InChI=1S/C56H63N/c1-52(2)22-24-54(5,6)47-33-41(18-20-45(47)52)57(42-19-21-46-48(34-42)55(7,8)25-23-53(46,3)4)50-32-38(37-14-10-9-11-15-37)31-49-51(50)43-16-12-13-17-44(43)56(49)39-27-35-26-36(29-39)30-40(56)28-35/h9-21,31-36,39-40H,22-30H2,1-8H3. The molecule has 5 aromatic rings. The van der Waals surface area contributed by atoms with Gasteiger partial charge in [0.05, 0.1) is 5.69 Å². The van der Waals surface area contributed by atoms with Crippen molar-refractivity contribution >= 4 is 17.1 Å². The van der Waals surface area contributed by atoms with Crippen molar-refractivity contribution in [1.29, 1.82) is 0 Å². The lowest BCUT2D eigenvalue weighted by atomic mass is 9.43. The summed E-state index contributed by atoms with van der Waals surface area (Å²) in [6.45, 7) is 19.8. The highest BCUT2D eigenvalue weighted by molar-refractivity contribution is 5.98. The van der Waals surface area contributed by atoms with Crippen molar-refractivity contribution in [1.82, 2.24) is 0 Å². The lowest BCUT2D eigenvalue weighted by molar-refractivity contribution is -0.0399. The van der Waals surface area contributed by atoms with Gasteiger partial charge in [0.25, 0.3) is 0 Å². The van der Waals surface area contributed by atoms with Crippen LogP contribution in [0.15, 0.2) is 103 Å². The first-order valence-corrected chi connectivity index (χ1v) is 22.6. The molecule has 0 amide bonds. The van der Waals surface area contributed by atoms with Gasteiger partial charge in [0, 0.05) is 22.4 Å². The van der Waals surface area contributed by atoms with Gasteiger partial charge in [-0.15, -0.1) is 0 Å². The molecule has 0 N–H and O–H groups in total. The molecule has 0 unspecified atom stereocenters. The van der Waals surface area contributed by atoms with Gasteiger partial charge >= 0.3 is 0 Å². The zero-order chi connectivity index (χ0) is 39.3. The SMILES string of the molecule is CC1(C)CCC(C)(C)c2cc(N(c3ccc4c(c3)C(C)(C)CCC4(C)C)c3cc(-c4ccccc4)cc4c3-c3ccccc3C43C4CC5CC(C4)CC3C5)ccc21. The molecule has 7 aliphatic rings. The van der Waals surface area contributed by atoms with Crippen LogP contribution in [0.5, 0.6) is 0 Å². The number of benzene rings is 5. The molecular weight excluding hydrogens is 687 g/mol. The molecule has 292 valence electrons. The number of hydrogen-bond donors (Lipinski definition) is 0. The van der Waals surface area contributed by atoms with E-state index >= 15 is 0 Å². The van der Waals surface area contributed by atoms with E-state index in [2.05, 4.69) is 163 Å². The van der Waals surface area contributed by atoms with Gasteiger partial charge in [-0.25, -0.2) is 0 Å². The number of hydrogen-bond acceptors (Lipinski definition) is 1. The monoisotopic (exact) mass is 749 g/mol. The maximum Gasteiger partial charge on any atom is 0.0549 e. The van der Waals surface area contributed by atoms with Gasteiger partial charge < -0.3 is 4.90 Å². The normalized spacial score (nSPS) is 28.7. The number of fused-ring (bicyclic) bond motifs is 5. The second kappa shape index (κ2) is 12.0. The number of anilines is 3. The van der Waals surface area contributed by atoms with E-state index in [-0.39, 0.29) is 27.1 Å². The minimum Gasteiger partial charge on any atom is -0.310 e. The average Bonchev–Trinajstić information content (AvgIpc) is 3.48. The average molecular weight is 750 g/mol. The van der Waals surface area contributed by atoms with E-state index in [1.807, 2.05) is 0 Å². The van der Waals surface area contributed by atoms with Gasteiger partial charge in [-0.2, -0.15) is 0 Å². The molecule has 12 rings (SSSR count). The minimum atomic E-state index is 0.0777. The fraction of sp³-hybridized carbons (Fsp3) is 0.464. The van der Waals surface area contributed by atoms with Crippen molar-refractivity contribution in [3.63, 3.8) is 0 Å². The first kappa shape index (κ1) is 36.0. The topological polar surface area (TPSA) is 3.24 Å². The lowest BCUT2D eigenvalue weighted by Crippen LogP contribution is -2.55. The summed E-state index contributed by atoms with van der Waals surface area (Å²) in [5.41, 5.74) is 19.6. The van der Waals surface area contributed by atoms with Crippen molar-refractivity contribution in [2.75, 3.05) is 4.90 Å². The smallest absolute Gasteiger partial charge is 0.0549 e. The van der Waals surface area contributed by atoms with Crippen molar-refractivity contribution in [2.24, 2.45) is 23.7 Å². The molecule has 0 aliphatic heterocycles. The first-order chi connectivity index (χ1) is 27.2. The van der Waals surface area contributed by atoms with Crippen LogP contribution in [0.4, 0.5) is 17.1 Å². The molecule has 4 fully saturated rings. The van der Waals surface area contributed by atoms with E-state index in [1.54, 1.807) is 11.1 Å². The first-order valence-electron chi connectivity index (χ1n) is 22.6. The molecular formula is C56H63N. The van der Waals surface area contributed by atoms with Crippen LogP contribution < -0.4 is 4.90 Å². The zero-order valence-corrected chi connectivity index (χ0v) is 35.9. The van der Waals surface area contributed by atoms with Crippen LogP contribution in [0.3, 0.4) is 0 Å². The second-order valence-electron chi connectivity index (χ2n) is 22.3. The fourth-order valence-corrected chi connectivity index (χ4v) is 14.1. The summed E-state index contributed by atoms with van der Waals surface area (Å²) < 4.78 is 0. The van der Waals surface area contributed by atoms with Crippen molar-refractivity contribution in [2.45, 2.75) is 140 Å². The highest BCUT2D eigenvalue weighted by Gasteiger charge is 2.62. The Morgan fingerprint density at radius 1 is 0.421 bits per heavy atom. The van der Waals surface area contributed by atoms with Crippen LogP contribution in [0, 0.1) is 23.7 Å². The molecule has 0 saturated heterocycles. The molecule has 0 heterocycles. The summed E-state index contributed by atoms with van der Waals surface area (Å²) in [5.74, 6) is 3.24. The maximum atomic E-state index is 2.73. The van der Waals surface area contributed by atoms with Crippen LogP contribution in [0.2, 0.25) is 0 Å². The molecule has 4 saturated carbocycles. The van der Waals surface area contributed by atoms with Crippen LogP contribution in [-0.4, -0.2) is 0 Å². The van der Waals surface area contributed by atoms with E-state index in [0.29, 0.717) is 11.8 Å². The van der Waals surface area contributed by atoms with Crippen molar-refractivity contribution < 1.29 is 0 Å². The Morgan fingerprint density at radius 3 is 1.46 bits per heavy atom. The van der Waals surface area contributed by atoms with E-state index in [0.717, 1.165) is 11.8 Å². The third kappa shape index (κ3) is 5.12. The molecule has 4 bridgehead atoms. The molecule has 1 spiro atoms. The Bertz CT molecular complexity index is 2330. The van der Waals surface area contributed by atoms with E-state index in [9.17, 15) is 0 Å². The van der Waals surface area contributed by atoms with E-state index < -0.39 is 0 Å². The molecule has 7 aliphatic carbocycles. The molecule has 1 heteroatoms. The fourth-order valence-electron chi connectivity index (χ4n) is 14.1. The molecule has 0 radical (unpaired) electrons. The zero-order valence-electron chi connectivity index (χ0n) is 35.9. The summed E-state index contributed by atoms with van der Waals surface area (Å²) in [6.07, 6.45) is 11.9. The molecule has 57 heavy (non-hydrogen) atoms. The summed E-state index contributed by atoms with van der Waals surface area (Å²) in [7, 11) is 0. The molecule has 5 aromatic carbocycles. The Kier molecular flexibility index (Phi) is 7.58. The predicted octanol–water partition coefficient (Wildman–Crippen LogP) is 15.2. The predicted molar refractivity (Wildman–Crippen MR) is 240 cm³/mol. The molecule has 0 atom stereocenters. The highest BCUT2D eigenvalue weighted by Crippen LogP contribution is 2.71. The largest absolute Gasteiger partial charge is 0.310 e. The van der Waals surface area contributed by atoms with Crippen molar-refractivity contribution in [3.8, 4) is 22.3 Å². The Balaban J connectivity index is 1.24. The summed E-state index contributed by atoms with van der Waals surface area (Å²) in [4.78, 5) is 2.73. The molecule has 0 aromatic heterocycles. The second-order valence-corrected chi connectivity index (χ2v) is 22.3. The van der Waals surface area contributed by atoms with E-state index in [1.165, 1.54) is 119 Å². The van der Waals surface area contributed by atoms with Crippen LogP contribution >= 0.6 is 0 Å². The third-order valence-electron chi connectivity index (χ3n) is 17.2.